The summed E-state index contributed by atoms with van der Waals surface area (Å²) in [5, 5.41) is 2.83. The first-order valence-electron chi connectivity index (χ1n) is 9.14. The molecule has 0 saturated carbocycles. The lowest BCUT2D eigenvalue weighted by Crippen LogP contribution is -2.27. The van der Waals surface area contributed by atoms with E-state index in [0.717, 1.165) is 4.31 Å². The lowest BCUT2D eigenvalue weighted by atomic mass is 10.2. The molecule has 3 rings (SSSR count). The van der Waals surface area contributed by atoms with Crippen LogP contribution in [-0.2, 0) is 10.0 Å². The van der Waals surface area contributed by atoms with Crippen LogP contribution >= 0.6 is 11.6 Å². The van der Waals surface area contributed by atoms with Crippen molar-refractivity contribution in [3.63, 3.8) is 0 Å². The summed E-state index contributed by atoms with van der Waals surface area (Å²) in [7, 11) is 0.547. The predicted octanol–water partition coefficient (Wildman–Crippen LogP) is 4.43. The van der Waals surface area contributed by atoms with Crippen LogP contribution in [0.25, 0.3) is 0 Å². The monoisotopic (exact) mass is 460 g/mol. The molecular formula is C22H21ClN2O5S. The highest BCUT2D eigenvalue weighted by atomic mass is 35.5. The van der Waals surface area contributed by atoms with Crippen LogP contribution in [0.15, 0.2) is 71.6 Å². The minimum Gasteiger partial charge on any atom is -0.497 e. The Labute approximate surface area is 186 Å². The zero-order valence-corrected chi connectivity index (χ0v) is 18.7. The summed E-state index contributed by atoms with van der Waals surface area (Å²) in [6.45, 7) is 0. The van der Waals surface area contributed by atoms with Gasteiger partial charge in [-0.05, 0) is 54.6 Å². The number of nitrogens with zero attached hydrogens (tertiary/aromatic N) is 1. The Balaban J connectivity index is 1.90. The highest BCUT2D eigenvalue weighted by Gasteiger charge is 2.24. The summed E-state index contributed by atoms with van der Waals surface area (Å²) in [6.07, 6.45) is 0. The second-order valence-corrected chi connectivity index (χ2v) is 8.87. The maximum atomic E-state index is 13.1. The van der Waals surface area contributed by atoms with E-state index in [4.69, 9.17) is 21.1 Å². The molecule has 0 spiro atoms. The standard InChI is InChI=1S/C22H21ClN2O5S/c1-25(16-7-9-17(29-2)10-8-16)31(27,28)19-11-12-21(23)20(14-19)22(26)24-15-5-4-6-18(13-15)30-3/h4-14H,1-3H3,(H,24,26). The van der Waals surface area contributed by atoms with Gasteiger partial charge in [-0.1, -0.05) is 17.7 Å². The average Bonchev–Trinajstić information content (AvgIpc) is 2.78. The van der Waals surface area contributed by atoms with Crippen LogP contribution < -0.4 is 19.1 Å². The van der Waals surface area contributed by atoms with E-state index in [1.165, 1.54) is 39.5 Å². The molecule has 31 heavy (non-hydrogen) atoms. The third-order valence-electron chi connectivity index (χ3n) is 4.60. The van der Waals surface area contributed by atoms with Gasteiger partial charge in [0.25, 0.3) is 15.9 Å². The van der Waals surface area contributed by atoms with Crippen LogP contribution in [0.3, 0.4) is 0 Å². The lowest BCUT2D eigenvalue weighted by Gasteiger charge is -2.20. The zero-order valence-electron chi connectivity index (χ0n) is 17.1. The quantitative estimate of drug-likeness (QED) is 0.563. The Hall–Kier alpha value is -3.23. The second kappa shape index (κ2) is 9.28. The molecule has 0 atom stereocenters. The maximum absolute atomic E-state index is 13.1. The molecule has 0 aliphatic heterocycles. The fourth-order valence-corrected chi connectivity index (χ4v) is 4.25. The van der Waals surface area contributed by atoms with Crippen molar-refractivity contribution in [2.75, 3.05) is 30.9 Å². The van der Waals surface area contributed by atoms with E-state index in [9.17, 15) is 13.2 Å². The molecule has 9 heteroatoms. The largest absolute Gasteiger partial charge is 0.497 e. The number of nitrogens with one attached hydrogen (secondary N) is 1. The summed E-state index contributed by atoms with van der Waals surface area (Å²) in [4.78, 5) is 12.7. The molecule has 0 heterocycles. The number of benzene rings is 3. The van der Waals surface area contributed by atoms with Crippen LogP contribution in [0.1, 0.15) is 10.4 Å². The van der Waals surface area contributed by atoms with Crippen molar-refractivity contribution in [1.82, 2.24) is 0 Å². The van der Waals surface area contributed by atoms with Crippen molar-refractivity contribution in [3.8, 4) is 11.5 Å². The molecular weight excluding hydrogens is 440 g/mol. The molecule has 1 amide bonds. The first-order valence-corrected chi connectivity index (χ1v) is 11.0. The van der Waals surface area contributed by atoms with Gasteiger partial charge in [0.2, 0.25) is 0 Å². The SMILES string of the molecule is COc1ccc(N(C)S(=O)(=O)c2ccc(Cl)c(C(=O)Nc3cccc(OC)c3)c2)cc1. The van der Waals surface area contributed by atoms with Crippen LogP contribution in [-0.4, -0.2) is 35.6 Å². The van der Waals surface area contributed by atoms with E-state index in [1.54, 1.807) is 48.5 Å². The molecule has 0 saturated heterocycles. The molecule has 162 valence electrons. The first kappa shape index (κ1) is 22.5. The van der Waals surface area contributed by atoms with Gasteiger partial charge in [-0.25, -0.2) is 8.42 Å². The van der Waals surface area contributed by atoms with E-state index in [0.29, 0.717) is 22.9 Å². The fraction of sp³-hybridized carbons (Fsp3) is 0.136. The molecule has 0 bridgehead atoms. The van der Waals surface area contributed by atoms with Crippen LogP contribution in [0, 0.1) is 0 Å². The summed E-state index contributed by atoms with van der Waals surface area (Å²) in [6, 6.07) is 17.4. The first-order chi connectivity index (χ1) is 14.8. The number of rotatable bonds is 7. The van der Waals surface area contributed by atoms with Crippen molar-refractivity contribution >= 4 is 38.9 Å². The van der Waals surface area contributed by atoms with E-state index in [2.05, 4.69) is 5.32 Å². The summed E-state index contributed by atoms with van der Waals surface area (Å²) >= 11 is 6.19. The number of hydrogen-bond acceptors (Lipinski definition) is 5. The Morgan fingerprint density at radius 2 is 1.61 bits per heavy atom. The van der Waals surface area contributed by atoms with Crippen molar-refractivity contribution in [3.05, 3.63) is 77.3 Å². The topological polar surface area (TPSA) is 84.9 Å². The second-order valence-electron chi connectivity index (χ2n) is 6.50. The number of hydrogen-bond donors (Lipinski definition) is 1. The van der Waals surface area contributed by atoms with Crippen molar-refractivity contribution in [2.45, 2.75) is 4.90 Å². The van der Waals surface area contributed by atoms with Gasteiger partial charge in [0, 0.05) is 18.8 Å². The Bertz CT molecular complexity index is 1200. The van der Waals surface area contributed by atoms with Crippen LogP contribution in [0.4, 0.5) is 11.4 Å². The summed E-state index contributed by atoms with van der Waals surface area (Å²) in [5.74, 6) is 0.640. The van der Waals surface area contributed by atoms with E-state index >= 15 is 0 Å². The maximum Gasteiger partial charge on any atom is 0.264 e. The number of carbonyl (C=O) groups excluding carboxylic acids is 1. The molecule has 0 aliphatic carbocycles. The van der Waals surface area contributed by atoms with Gasteiger partial charge in [0.1, 0.15) is 11.5 Å². The van der Waals surface area contributed by atoms with Gasteiger partial charge < -0.3 is 14.8 Å². The summed E-state index contributed by atoms with van der Waals surface area (Å²) < 4.78 is 37.6. The number of anilines is 2. The Morgan fingerprint density at radius 1 is 0.935 bits per heavy atom. The number of amides is 1. The van der Waals surface area contributed by atoms with Gasteiger partial charge in [0.05, 0.1) is 35.4 Å². The average molecular weight is 461 g/mol. The molecule has 1 N–H and O–H groups in total. The van der Waals surface area contributed by atoms with E-state index < -0.39 is 15.9 Å². The molecule has 7 nitrogen and oxygen atoms in total. The molecule has 3 aromatic rings. The smallest absolute Gasteiger partial charge is 0.264 e. The minimum atomic E-state index is -3.93. The normalized spacial score (nSPS) is 11.0. The molecule has 0 aromatic heterocycles. The fourth-order valence-electron chi connectivity index (χ4n) is 2.83. The highest BCUT2D eigenvalue weighted by Crippen LogP contribution is 2.28. The highest BCUT2D eigenvalue weighted by molar-refractivity contribution is 7.92. The molecule has 0 aliphatic rings. The van der Waals surface area contributed by atoms with Gasteiger partial charge in [-0.3, -0.25) is 9.10 Å². The zero-order chi connectivity index (χ0) is 22.6. The van der Waals surface area contributed by atoms with Gasteiger partial charge >= 0.3 is 0 Å². The van der Waals surface area contributed by atoms with Crippen molar-refractivity contribution < 1.29 is 22.7 Å². The lowest BCUT2D eigenvalue weighted by molar-refractivity contribution is 0.102. The van der Waals surface area contributed by atoms with Gasteiger partial charge in [-0.2, -0.15) is 0 Å². The van der Waals surface area contributed by atoms with Crippen LogP contribution in [0.5, 0.6) is 11.5 Å². The number of halogens is 1. The minimum absolute atomic E-state index is 0.0358. The Morgan fingerprint density at radius 3 is 2.26 bits per heavy atom. The Kier molecular flexibility index (Phi) is 6.72. The predicted molar refractivity (Wildman–Crippen MR) is 121 cm³/mol. The molecule has 0 radical (unpaired) electrons. The third kappa shape index (κ3) is 4.92. The van der Waals surface area contributed by atoms with E-state index in [1.807, 2.05) is 0 Å². The number of methoxy groups -OCH3 is 2. The molecule has 0 fully saturated rings. The van der Waals surface area contributed by atoms with Crippen LogP contribution in [0.2, 0.25) is 5.02 Å². The number of carbonyl (C=O) groups is 1. The van der Waals surface area contributed by atoms with Gasteiger partial charge in [0.15, 0.2) is 0 Å². The van der Waals surface area contributed by atoms with Crippen molar-refractivity contribution in [1.29, 1.82) is 0 Å². The number of ether oxygens (including phenoxy) is 2. The van der Waals surface area contributed by atoms with E-state index in [-0.39, 0.29) is 15.5 Å². The molecule has 0 unspecified atom stereocenters. The third-order valence-corrected chi connectivity index (χ3v) is 6.72. The molecule has 3 aromatic carbocycles. The summed E-state index contributed by atoms with van der Waals surface area (Å²) in [5.41, 5.74) is 0.968. The number of sulfonamides is 1. The van der Waals surface area contributed by atoms with Gasteiger partial charge in [-0.15, -0.1) is 0 Å². The van der Waals surface area contributed by atoms with Crippen molar-refractivity contribution in [2.24, 2.45) is 0 Å².